The van der Waals surface area contributed by atoms with E-state index in [9.17, 15) is 4.79 Å². The van der Waals surface area contributed by atoms with Gasteiger partial charge >= 0.3 is 0 Å². The first-order chi connectivity index (χ1) is 8.59. The fourth-order valence-electron chi connectivity index (χ4n) is 2.31. The van der Waals surface area contributed by atoms with Gasteiger partial charge in [-0.3, -0.25) is 4.79 Å². The Morgan fingerprint density at radius 2 is 2.17 bits per heavy atom. The van der Waals surface area contributed by atoms with Crippen LogP contribution in [0.25, 0.3) is 0 Å². The molecule has 1 amide bonds. The van der Waals surface area contributed by atoms with Crippen LogP contribution >= 0.6 is 27.5 Å². The number of amides is 1. The summed E-state index contributed by atoms with van der Waals surface area (Å²) in [6, 6.07) is 5.50. The van der Waals surface area contributed by atoms with Crippen molar-refractivity contribution in [3.8, 4) is 0 Å². The van der Waals surface area contributed by atoms with Crippen molar-refractivity contribution in [3.63, 3.8) is 0 Å². The SMILES string of the molecule is CC1CCCN(C(=O)c2cccc(Br)c2Cl)CC1. The van der Waals surface area contributed by atoms with E-state index in [0.717, 1.165) is 30.4 Å². The molecule has 0 saturated carbocycles. The number of carbonyl (C=O) groups excluding carboxylic acids is 1. The van der Waals surface area contributed by atoms with E-state index < -0.39 is 0 Å². The van der Waals surface area contributed by atoms with Crippen LogP contribution in [0.1, 0.15) is 36.5 Å². The monoisotopic (exact) mass is 329 g/mol. The summed E-state index contributed by atoms with van der Waals surface area (Å²) in [4.78, 5) is 14.4. The van der Waals surface area contributed by atoms with Crippen molar-refractivity contribution in [3.05, 3.63) is 33.3 Å². The second-order valence-corrected chi connectivity index (χ2v) is 6.16. The zero-order valence-corrected chi connectivity index (χ0v) is 12.8. The van der Waals surface area contributed by atoms with Crippen LogP contribution in [-0.2, 0) is 0 Å². The van der Waals surface area contributed by atoms with Crippen LogP contribution in [0.3, 0.4) is 0 Å². The van der Waals surface area contributed by atoms with Crippen molar-refractivity contribution in [2.24, 2.45) is 5.92 Å². The first kappa shape index (κ1) is 13.9. The third-order valence-corrected chi connectivity index (χ3v) is 4.78. The van der Waals surface area contributed by atoms with Crippen LogP contribution < -0.4 is 0 Å². The van der Waals surface area contributed by atoms with Gasteiger partial charge in [0.15, 0.2) is 0 Å². The van der Waals surface area contributed by atoms with E-state index in [1.54, 1.807) is 6.07 Å². The topological polar surface area (TPSA) is 20.3 Å². The number of hydrogen-bond donors (Lipinski definition) is 0. The van der Waals surface area contributed by atoms with E-state index in [-0.39, 0.29) is 5.91 Å². The summed E-state index contributed by atoms with van der Waals surface area (Å²) >= 11 is 9.54. The lowest BCUT2D eigenvalue weighted by Crippen LogP contribution is -2.32. The molecule has 1 aliphatic rings. The predicted molar refractivity (Wildman–Crippen MR) is 78.1 cm³/mol. The maximum atomic E-state index is 12.5. The molecule has 0 spiro atoms. The minimum atomic E-state index is 0.0513. The summed E-state index contributed by atoms with van der Waals surface area (Å²) in [6.45, 7) is 3.93. The molecule has 0 aliphatic carbocycles. The van der Waals surface area contributed by atoms with E-state index in [1.165, 1.54) is 6.42 Å². The highest BCUT2D eigenvalue weighted by Crippen LogP contribution is 2.28. The van der Waals surface area contributed by atoms with Gasteiger partial charge in [0.1, 0.15) is 0 Å². The lowest BCUT2D eigenvalue weighted by Gasteiger charge is -2.21. The van der Waals surface area contributed by atoms with Gasteiger partial charge in [-0.15, -0.1) is 0 Å². The summed E-state index contributed by atoms with van der Waals surface area (Å²) in [6.07, 6.45) is 3.37. The van der Waals surface area contributed by atoms with E-state index in [2.05, 4.69) is 22.9 Å². The molecule has 1 aliphatic heterocycles. The molecule has 2 rings (SSSR count). The molecule has 0 radical (unpaired) electrons. The molecule has 1 fully saturated rings. The summed E-state index contributed by atoms with van der Waals surface area (Å²) in [5.74, 6) is 0.760. The van der Waals surface area contributed by atoms with Crippen LogP contribution in [0.4, 0.5) is 0 Å². The normalized spacial score (nSPS) is 20.6. The Kier molecular flexibility index (Phi) is 4.68. The molecule has 1 heterocycles. The summed E-state index contributed by atoms with van der Waals surface area (Å²) in [5, 5.41) is 0.514. The number of likely N-dealkylation sites (tertiary alicyclic amines) is 1. The molecule has 98 valence electrons. The highest BCUT2D eigenvalue weighted by molar-refractivity contribution is 9.10. The van der Waals surface area contributed by atoms with Crippen LogP contribution in [0, 0.1) is 5.92 Å². The molecule has 2 nitrogen and oxygen atoms in total. The number of nitrogens with zero attached hydrogens (tertiary/aromatic N) is 1. The quantitative estimate of drug-likeness (QED) is 0.749. The van der Waals surface area contributed by atoms with E-state index in [4.69, 9.17) is 11.6 Å². The molecule has 1 unspecified atom stereocenters. The van der Waals surface area contributed by atoms with Crippen molar-refractivity contribution >= 4 is 33.4 Å². The van der Waals surface area contributed by atoms with Gasteiger partial charge in [0, 0.05) is 17.6 Å². The summed E-state index contributed by atoms with van der Waals surface area (Å²) < 4.78 is 0.776. The molecule has 1 aromatic carbocycles. The number of benzene rings is 1. The van der Waals surface area contributed by atoms with Crippen molar-refractivity contribution < 1.29 is 4.79 Å². The molecule has 1 atom stereocenters. The number of carbonyl (C=O) groups is 1. The zero-order chi connectivity index (χ0) is 13.1. The molecule has 18 heavy (non-hydrogen) atoms. The molecular weight excluding hydrogens is 314 g/mol. The average molecular weight is 331 g/mol. The molecule has 0 bridgehead atoms. The Balaban J connectivity index is 2.18. The standard InChI is InChI=1S/C14H17BrClNO/c1-10-4-3-8-17(9-7-10)14(18)11-5-2-6-12(15)13(11)16/h2,5-6,10H,3-4,7-9H2,1H3. The first-order valence-electron chi connectivity index (χ1n) is 6.33. The average Bonchev–Trinajstić information content (AvgIpc) is 2.57. The van der Waals surface area contributed by atoms with Gasteiger partial charge < -0.3 is 4.90 Å². The van der Waals surface area contributed by atoms with Crippen LogP contribution in [0.2, 0.25) is 5.02 Å². The highest BCUT2D eigenvalue weighted by Gasteiger charge is 2.21. The molecule has 1 aromatic rings. The Labute approximate surface area is 121 Å². The van der Waals surface area contributed by atoms with Crippen molar-refractivity contribution in [1.29, 1.82) is 0 Å². The highest BCUT2D eigenvalue weighted by atomic mass is 79.9. The fraction of sp³-hybridized carbons (Fsp3) is 0.500. The van der Waals surface area contributed by atoms with E-state index in [0.29, 0.717) is 16.5 Å². The van der Waals surface area contributed by atoms with Crippen molar-refractivity contribution in [2.75, 3.05) is 13.1 Å². The largest absolute Gasteiger partial charge is 0.339 e. The van der Waals surface area contributed by atoms with E-state index in [1.807, 2.05) is 17.0 Å². The van der Waals surface area contributed by atoms with Gasteiger partial charge in [-0.25, -0.2) is 0 Å². The van der Waals surface area contributed by atoms with Gasteiger partial charge in [-0.1, -0.05) is 24.6 Å². The number of rotatable bonds is 1. The van der Waals surface area contributed by atoms with Gasteiger partial charge in [0.05, 0.1) is 10.6 Å². The second kappa shape index (κ2) is 6.07. The number of hydrogen-bond acceptors (Lipinski definition) is 1. The van der Waals surface area contributed by atoms with Gasteiger partial charge in [-0.2, -0.15) is 0 Å². The summed E-state index contributed by atoms with van der Waals surface area (Å²) in [7, 11) is 0. The van der Waals surface area contributed by atoms with Crippen molar-refractivity contribution in [2.45, 2.75) is 26.2 Å². The first-order valence-corrected chi connectivity index (χ1v) is 7.50. The minimum absolute atomic E-state index is 0.0513. The lowest BCUT2D eigenvalue weighted by atomic mass is 10.0. The van der Waals surface area contributed by atoms with Crippen molar-refractivity contribution in [1.82, 2.24) is 4.90 Å². The van der Waals surface area contributed by atoms with Crippen LogP contribution in [-0.4, -0.2) is 23.9 Å². The maximum Gasteiger partial charge on any atom is 0.255 e. The Morgan fingerprint density at radius 1 is 1.39 bits per heavy atom. The number of halogens is 2. The lowest BCUT2D eigenvalue weighted by molar-refractivity contribution is 0.0760. The Bertz CT molecular complexity index is 449. The molecular formula is C14H17BrClNO. The second-order valence-electron chi connectivity index (χ2n) is 4.93. The van der Waals surface area contributed by atoms with Gasteiger partial charge in [-0.05, 0) is 53.2 Å². The van der Waals surface area contributed by atoms with E-state index >= 15 is 0 Å². The smallest absolute Gasteiger partial charge is 0.255 e. The zero-order valence-electron chi connectivity index (χ0n) is 10.5. The maximum absolute atomic E-state index is 12.5. The molecule has 4 heteroatoms. The minimum Gasteiger partial charge on any atom is -0.339 e. The molecule has 0 aromatic heterocycles. The third kappa shape index (κ3) is 3.07. The van der Waals surface area contributed by atoms with Gasteiger partial charge in [0.25, 0.3) is 5.91 Å². The molecule has 1 saturated heterocycles. The van der Waals surface area contributed by atoms with Gasteiger partial charge in [0.2, 0.25) is 0 Å². The fourth-order valence-corrected chi connectivity index (χ4v) is 2.88. The summed E-state index contributed by atoms with van der Waals surface area (Å²) in [5.41, 5.74) is 0.598. The Morgan fingerprint density at radius 3 is 2.94 bits per heavy atom. The third-order valence-electron chi connectivity index (χ3n) is 3.49. The predicted octanol–water partition coefficient (Wildman–Crippen LogP) is 4.36. The van der Waals surface area contributed by atoms with Crippen LogP contribution in [0.5, 0.6) is 0 Å². The Hall–Kier alpha value is -0.540. The molecule has 0 N–H and O–H groups in total. The van der Waals surface area contributed by atoms with Crippen LogP contribution in [0.15, 0.2) is 22.7 Å².